The van der Waals surface area contributed by atoms with Gasteiger partial charge in [-0.2, -0.15) is 0 Å². The highest BCUT2D eigenvalue weighted by molar-refractivity contribution is 6.33. The summed E-state index contributed by atoms with van der Waals surface area (Å²) in [7, 11) is 0. The zero-order valence-corrected chi connectivity index (χ0v) is 8.70. The van der Waals surface area contributed by atoms with Gasteiger partial charge < -0.3 is 0 Å². The first-order valence-corrected chi connectivity index (χ1v) is 4.79. The Kier molecular flexibility index (Phi) is 2.70. The molecule has 0 fully saturated rings. The van der Waals surface area contributed by atoms with E-state index in [1.165, 1.54) is 0 Å². The third-order valence-electron chi connectivity index (χ3n) is 1.81. The standard InChI is InChI=1S/C9H7Cl2N3/c10-8-1-2-9(11)7(5-8)6-14-4-3-12-13-14/h1-5H,6H2. The molecule has 2 aromatic rings. The highest BCUT2D eigenvalue weighted by atomic mass is 35.5. The largest absolute Gasteiger partial charge is 0.248 e. The summed E-state index contributed by atoms with van der Waals surface area (Å²) in [5.74, 6) is 0. The molecule has 0 radical (unpaired) electrons. The van der Waals surface area contributed by atoms with E-state index in [0.717, 1.165) is 5.56 Å². The highest BCUT2D eigenvalue weighted by Crippen LogP contribution is 2.20. The molecule has 0 N–H and O–H groups in total. The molecular formula is C9H7Cl2N3. The van der Waals surface area contributed by atoms with E-state index in [1.54, 1.807) is 29.2 Å². The topological polar surface area (TPSA) is 30.7 Å². The zero-order valence-electron chi connectivity index (χ0n) is 7.19. The van der Waals surface area contributed by atoms with Gasteiger partial charge >= 0.3 is 0 Å². The van der Waals surface area contributed by atoms with Crippen molar-refractivity contribution in [3.8, 4) is 0 Å². The number of halogens is 2. The van der Waals surface area contributed by atoms with Gasteiger partial charge in [-0.05, 0) is 23.8 Å². The van der Waals surface area contributed by atoms with Crippen molar-refractivity contribution in [1.29, 1.82) is 0 Å². The molecule has 0 aliphatic rings. The van der Waals surface area contributed by atoms with E-state index in [4.69, 9.17) is 23.2 Å². The molecule has 0 saturated carbocycles. The number of hydrogen-bond donors (Lipinski definition) is 0. The molecule has 0 saturated heterocycles. The lowest BCUT2D eigenvalue weighted by atomic mass is 10.2. The first kappa shape index (κ1) is 9.49. The van der Waals surface area contributed by atoms with Gasteiger partial charge in [0.25, 0.3) is 0 Å². The predicted molar refractivity (Wildman–Crippen MR) is 55.6 cm³/mol. The van der Waals surface area contributed by atoms with Crippen LogP contribution in [0.3, 0.4) is 0 Å². The van der Waals surface area contributed by atoms with E-state index < -0.39 is 0 Å². The summed E-state index contributed by atoms with van der Waals surface area (Å²) in [6.45, 7) is 0.583. The van der Waals surface area contributed by atoms with E-state index in [-0.39, 0.29) is 0 Å². The highest BCUT2D eigenvalue weighted by Gasteiger charge is 2.02. The van der Waals surface area contributed by atoms with Crippen LogP contribution < -0.4 is 0 Å². The van der Waals surface area contributed by atoms with Crippen LogP contribution in [0.2, 0.25) is 10.0 Å². The van der Waals surface area contributed by atoms with Crippen molar-refractivity contribution in [3.05, 3.63) is 46.2 Å². The molecule has 0 bridgehead atoms. The van der Waals surface area contributed by atoms with Gasteiger partial charge in [0, 0.05) is 16.2 Å². The molecule has 5 heteroatoms. The number of benzene rings is 1. The van der Waals surface area contributed by atoms with E-state index in [2.05, 4.69) is 10.3 Å². The van der Waals surface area contributed by atoms with Gasteiger partial charge in [0.1, 0.15) is 0 Å². The third kappa shape index (κ3) is 2.05. The molecule has 0 unspecified atom stereocenters. The Labute approximate surface area is 91.3 Å². The van der Waals surface area contributed by atoms with Gasteiger partial charge in [0.05, 0.1) is 12.7 Å². The van der Waals surface area contributed by atoms with E-state index in [9.17, 15) is 0 Å². The smallest absolute Gasteiger partial charge is 0.0693 e. The molecule has 1 aromatic heterocycles. The van der Waals surface area contributed by atoms with Crippen molar-refractivity contribution in [1.82, 2.24) is 15.0 Å². The molecule has 1 heterocycles. The second-order valence-electron chi connectivity index (χ2n) is 2.84. The van der Waals surface area contributed by atoms with Gasteiger partial charge in [-0.3, -0.25) is 0 Å². The Morgan fingerprint density at radius 2 is 2.14 bits per heavy atom. The summed E-state index contributed by atoms with van der Waals surface area (Å²) in [6.07, 6.45) is 3.40. The minimum absolute atomic E-state index is 0.583. The Balaban J connectivity index is 2.28. The second kappa shape index (κ2) is 3.98. The fourth-order valence-corrected chi connectivity index (χ4v) is 1.53. The first-order valence-electron chi connectivity index (χ1n) is 4.04. The van der Waals surface area contributed by atoms with E-state index >= 15 is 0 Å². The van der Waals surface area contributed by atoms with Crippen molar-refractivity contribution < 1.29 is 0 Å². The van der Waals surface area contributed by atoms with Gasteiger partial charge in [0.2, 0.25) is 0 Å². The van der Waals surface area contributed by atoms with Crippen LogP contribution in [0.25, 0.3) is 0 Å². The predicted octanol–water partition coefficient (Wildman–Crippen LogP) is 2.63. The molecule has 14 heavy (non-hydrogen) atoms. The van der Waals surface area contributed by atoms with Gasteiger partial charge in [-0.25, -0.2) is 4.68 Å². The van der Waals surface area contributed by atoms with Crippen LogP contribution in [-0.4, -0.2) is 15.0 Å². The lowest BCUT2D eigenvalue weighted by Crippen LogP contribution is -2.01. The molecule has 0 atom stereocenters. The monoisotopic (exact) mass is 227 g/mol. The summed E-state index contributed by atoms with van der Waals surface area (Å²) in [6, 6.07) is 5.36. The van der Waals surface area contributed by atoms with Gasteiger partial charge in [-0.1, -0.05) is 28.4 Å². The quantitative estimate of drug-likeness (QED) is 0.790. The SMILES string of the molecule is Clc1ccc(Cl)c(Cn2ccnn2)c1. The number of aromatic nitrogens is 3. The number of rotatable bonds is 2. The van der Waals surface area contributed by atoms with Crippen molar-refractivity contribution in [2.24, 2.45) is 0 Å². The first-order chi connectivity index (χ1) is 6.75. The molecule has 0 spiro atoms. The van der Waals surface area contributed by atoms with Crippen LogP contribution in [0.4, 0.5) is 0 Å². The maximum absolute atomic E-state index is 5.99. The van der Waals surface area contributed by atoms with Crippen LogP contribution in [0.15, 0.2) is 30.6 Å². The molecule has 72 valence electrons. The summed E-state index contributed by atoms with van der Waals surface area (Å²) >= 11 is 11.8. The third-order valence-corrected chi connectivity index (χ3v) is 2.42. The van der Waals surface area contributed by atoms with Crippen LogP contribution >= 0.6 is 23.2 Å². The molecule has 3 nitrogen and oxygen atoms in total. The average molecular weight is 228 g/mol. The minimum Gasteiger partial charge on any atom is -0.248 e. The Hall–Kier alpha value is -1.06. The van der Waals surface area contributed by atoms with E-state index in [0.29, 0.717) is 16.6 Å². The van der Waals surface area contributed by atoms with E-state index in [1.807, 2.05) is 6.07 Å². The van der Waals surface area contributed by atoms with Crippen molar-refractivity contribution in [2.45, 2.75) is 6.54 Å². The van der Waals surface area contributed by atoms with Crippen LogP contribution in [-0.2, 0) is 6.54 Å². The molecule has 0 aliphatic heterocycles. The lowest BCUT2D eigenvalue weighted by molar-refractivity contribution is 0.650. The summed E-state index contributed by atoms with van der Waals surface area (Å²) in [5, 5.41) is 8.91. The normalized spacial score (nSPS) is 10.4. The molecule has 0 aliphatic carbocycles. The fourth-order valence-electron chi connectivity index (χ4n) is 1.16. The Bertz CT molecular complexity index is 426. The second-order valence-corrected chi connectivity index (χ2v) is 3.68. The Morgan fingerprint density at radius 1 is 1.29 bits per heavy atom. The van der Waals surface area contributed by atoms with Gasteiger partial charge in [0.15, 0.2) is 0 Å². The molecule has 0 amide bonds. The summed E-state index contributed by atoms with van der Waals surface area (Å²) < 4.78 is 1.69. The molecule has 2 rings (SSSR count). The minimum atomic E-state index is 0.583. The average Bonchev–Trinajstić information content (AvgIpc) is 2.64. The van der Waals surface area contributed by atoms with Crippen LogP contribution in [0.5, 0.6) is 0 Å². The fraction of sp³-hybridized carbons (Fsp3) is 0.111. The molecule has 1 aromatic carbocycles. The maximum atomic E-state index is 5.99. The van der Waals surface area contributed by atoms with Crippen molar-refractivity contribution >= 4 is 23.2 Å². The maximum Gasteiger partial charge on any atom is 0.0693 e. The Morgan fingerprint density at radius 3 is 2.86 bits per heavy atom. The van der Waals surface area contributed by atoms with Crippen LogP contribution in [0.1, 0.15) is 5.56 Å². The van der Waals surface area contributed by atoms with Crippen molar-refractivity contribution in [2.75, 3.05) is 0 Å². The molecular weight excluding hydrogens is 221 g/mol. The van der Waals surface area contributed by atoms with Gasteiger partial charge in [-0.15, -0.1) is 5.10 Å². The summed E-state index contributed by atoms with van der Waals surface area (Å²) in [5.41, 5.74) is 0.935. The number of nitrogens with zero attached hydrogens (tertiary/aromatic N) is 3. The summed E-state index contributed by atoms with van der Waals surface area (Å²) in [4.78, 5) is 0. The number of hydrogen-bond acceptors (Lipinski definition) is 2. The van der Waals surface area contributed by atoms with Crippen LogP contribution in [0, 0.1) is 0 Å². The lowest BCUT2D eigenvalue weighted by Gasteiger charge is -2.03. The van der Waals surface area contributed by atoms with Crippen molar-refractivity contribution in [3.63, 3.8) is 0 Å². The zero-order chi connectivity index (χ0) is 9.97.